The number of hydrogen-bond acceptors (Lipinski definition) is 5. The Labute approximate surface area is 164 Å². The van der Waals surface area contributed by atoms with Crippen molar-refractivity contribution >= 4 is 43.7 Å². The average molecular weight is 410 g/mol. The van der Waals surface area contributed by atoms with Gasteiger partial charge in [0.15, 0.2) is 5.65 Å². The molecule has 0 amide bonds. The van der Waals surface area contributed by atoms with Crippen LogP contribution in [0.2, 0.25) is 5.02 Å². The molecule has 0 aliphatic rings. The van der Waals surface area contributed by atoms with Gasteiger partial charge in [-0.3, -0.25) is 0 Å². The molecule has 0 unspecified atom stereocenters. The van der Waals surface area contributed by atoms with Gasteiger partial charge in [0.05, 0.1) is 6.20 Å². The Bertz CT molecular complexity index is 1460. The maximum atomic E-state index is 13.3. The van der Waals surface area contributed by atoms with E-state index in [2.05, 4.69) is 20.1 Å². The van der Waals surface area contributed by atoms with Crippen molar-refractivity contribution < 1.29 is 8.42 Å². The Morgan fingerprint density at radius 3 is 2.75 bits per heavy atom. The van der Waals surface area contributed by atoms with Crippen molar-refractivity contribution in [2.45, 2.75) is 4.90 Å². The van der Waals surface area contributed by atoms with Gasteiger partial charge in [0, 0.05) is 39.9 Å². The van der Waals surface area contributed by atoms with Crippen LogP contribution in [0.4, 0.5) is 0 Å². The van der Waals surface area contributed by atoms with Crippen LogP contribution < -0.4 is 0 Å². The first kappa shape index (κ1) is 16.9. The van der Waals surface area contributed by atoms with Crippen molar-refractivity contribution in [3.8, 4) is 11.1 Å². The molecule has 28 heavy (non-hydrogen) atoms. The summed E-state index contributed by atoms with van der Waals surface area (Å²) in [5.41, 5.74) is 2.34. The maximum Gasteiger partial charge on any atom is 0.287 e. The Balaban J connectivity index is 1.71. The SMILES string of the molecule is O=S(=O)(c1c[nH]c2ncc(-c3cccc(Cl)c3)cc12)n1ncc2cccnc21. The molecule has 0 radical (unpaired) electrons. The first-order chi connectivity index (χ1) is 13.5. The number of pyridine rings is 2. The molecule has 4 heterocycles. The Morgan fingerprint density at radius 2 is 1.89 bits per heavy atom. The fraction of sp³-hybridized carbons (Fsp3) is 0. The number of rotatable bonds is 3. The number of H-pyrrole nitrogens is 1. The number of aromatic nitrogens is 5. The molecule has 5 rings (SSSR count). The van der Waals surface area contributed by atoms with Gasteiger partial charge in [-0.25, -0.2) is 9.97 Å². The van der Waals surface area contributed by atoms with Crippen LogP contribution in [0, 0.1) is 0 Å². The lowest BCUT2D eigenvalue weighted by atomic mass is 10.1. The molecule has 0 saturated heterocycles. The molecule has 4 aromatic heterocycles. The molecule has 9 heteroatoms. The summed E-state index contributed by atoms with van der Waals surface area (Å²) in [6.07, 6.45) is 6.10. The zero-order chi connectivity index (χ0) is 19.3. The van der Waals surface area contributed by atoms with Crippen molar-refractivity contribution in [3.05, 3.63) is 72.3 Å². The smallest absolute Gasteiger partial charge is 0.287 e. The molecular weight excluding hydrogens is 398 g/mol. The van der Waals surface area contributed by atoms with E-state index in [9.17, 15) is 8.42 Å². The summed E-state index contributed by atoms with van der Waals surface area (Å²) in [5.74, 6) is 0. The minimum Gasteiger partial charge on any atom is -0.345 e. The summed E-state index contributed by atoms with van der Waals surface area (Å²) >= 11 is 6.08. The van der Waals surface area contributed by atoms with Crippen LogP contribution in [-0.2, 0) is 10.0 Å². The minimum atomic E-state index is -3.97. The van der Waals surface area contributed by atoms with Crippen LogP contribution in [0.5, 0.6) is 0 Å². The quantitative estimate of drug-likeness (QED) is 0.488. The van der Waals surface area contributed by atoms with Crippen LogP contribution >= 0.6 is 11.6 Å². The van der Waals surface area contributed by atoms with Gasteiger partial charge in [0.1, 0.15) is 10.5 Å². The van der Waals surface area contributed by atoms with E-state index in [0.29, 0.717) is 21.4 Å². The highest BCUT2D eigenvalue weighted by Crippen LogP contribution is 2.30. The summed E-state index contributed by atoms with van der Waals surface area (Å²) in [4.78, 5) is 11.5. The van der Waals surface area contributed by atoms with Gasteiger partial charge >= 0.3 is 0 Å². The fourth-order valence-electron chi connectivity index (χ4n) is 3.13. The lowest BCUT2D eigenvalue weighted by Crippen LogP contribution is -2.14. The van der Waals surface area contributed by atoms with Crippen LogP contribution in [0.1, 0.15) is 0 Å². The second kappa shape index (κ2) is 6.15. The van der Waals surface area contributed by atoms with Gasteiger partial charge < -0.3 is 4.98 Å². The van der Waals surface area contributed by atoms with Gasteiger partial charge in [-0.15, -0.1) is 4.09 Å². The number of nitrogens with zero attached hydrogens (tertiary/aromatic N) is 4. The highest BCUT2D eigenvalue weighted by Gasteiger charge is 2.25. The molecule has 0 aliphatic heterocycles. The third-order valence-electron chi connectivity index (χ3n) is 4.46. The van der Waals surface area contributed by atoms with E-state index in [0.717, 1.165) is 15.2 Å². The summed E-state index contributed by atoms with van der Waals surface area (Å²) in [6.45, 7) is 0. The van der Waals surface area contributed by atoms with Crippen molar-refractivity contribution in [1.29, 1.82) is 0 Å². The van der Waals surface area contributed by atoms with E-state index in [1.54, 1.807) is 36.5 Å². The summed E-state index contributed by atoms with van der Waals surface area (Å²) < 4.78 is 27.5. The molecule has 138 valence electrons. The summed E-state index contributed by atoms with van der Waals surface area (Å²) in [6, 6.07) is 12.6. The molecule has 0 saturated carbocycles. The monoisotopic (exact) mass is 409 g/mol. The second-order valence-electron chi connectivity index (χ2n) is 6.19. The predicted molar refractivity (Wildman–Crippen MR) is 107 cm³/mol. The molecule has 0 spiro atoms. The predicted octanol–water partition coefficient (Wildman–Crippen LogP) is 3.87. The van der Waals surface area contributed by atoms with Gasteiger partial charge in [-0.2, -0.15) is 13.5 Å². The zero-order valence-corrected chi connectivity index (χ0v) is 15.8. The van der Waals surface area contributed by atoms with Crippen LogP contribution in [-0.4, -0.2) is 32.6 Å². The summed E-state index contributed by atoms with van der Waals surface area (Å²) in [5, 5.41) is 5.74. The lowest BCUT2D eigenvalue weighted by Gasteiger charge is -2.06. The topological polar surface area (TPSA) is 93.5 Å². The van der Waals surface area contributed by atoms with Crippen molar-refractivity contribution in [1.82, 2.24) is 24.1 Å². The number of halogens is 1. The average Bonchev–Trinajstić information content (AvgIpc) is 3.32. The molecular formula is C19H12ClN5O2S. The third-order valence-corrected chi connectivity index (χ3v) is 6.31. The fourth-order valence-corrected chi connectivity index (χ4v) is 4.70. The third kappa shape index (κ3) is 2.57. The standard InChI is InChI=1S/C19H12ClN5O2S/c20-15-5-1-3-12(7-15)14-8-16-17(11-23-18(16)22-9-14)28(26,27)25-19-13(10-24-25)4-2-6-21-19/h1-11H,(H,22,23). The molecule has 0 atom stereocenters. The van der Waals surface area contributed by atoms with Gasteiger partial charge in [-0.1, -0.05) is 23.7 Å². The first-order valence-corrected chi connectivity index (χ1v) is 10.1. The highest BCUT2D eigenvalue weighted by molar-refractivity contribution is 7.90. The number of benzene rings is 1. The molecule has 0 bridgehead atoms. The maximum absolute atomic E-state index is 13.3. The number of fused-ring (bicyclic) bond motifs is 2. The molecule has 1 aromatic carbocycles. The van der Waals surface area contributed by atoms with E-state index in [1.807, 2.05) is 12.1 Å². The molecule has 0 fully saturated rings. The Hall–Kier alpha value is -3.23. The van der Waals surface area contributed by atoms with E-state index in [-0.39, 0.29) is 10.5 Å². The number of aromatic amines is 1. The Morgan fingerprint density at radius 1 is 1.00 bits per heavy atom. The molecule has 7 nitrogen and oxygen atoms in total. The van der Waals surface area contributed by atoms with Crippen LogP contribution in [0.15, 0.2) is 72.1 Å². The number of hydrogen-bond donors (Lipinski definition) is 1. The van der Waals surface area contributed by atoms with E-state index < -0.39 is 10.0 Å². The van der Waals surface area contributed by atoms with Gasteiger partial charge in [0.2, 0.25) is 0 Å². The zero-order valence-electron chi connectivity index (χ0n) is 14.2. The largest absolute Gasteiger partial charge is 0.345 e. The molecule has 1 N–H and O–H groups in total. The van der Waals surface area contributed by atoms with Gasteiger partial charge in [-0.05, 0) is 35.9 Å². The van der Waals surface area contributed by atoms with E-state index >= 15 is 0 Å². The summed E-state index contributed by atoms with van der Waals surface area (Å²) in [7, 11) is -3.97. The molecule has 0 aliphatic carbocycles. The van der Waals surface area contributed by atoms with Crippen molar-refractivity contribution in [3.63, 3.8) is 0 Å². The highest BCUT2D eigenvalue weighted by atomic mass is 35.5. The normalized spacial score (nSPS) is 12.0. The van der Waals surface area contributed by atoms with E-state index in [4.69, 9.17) is 11.6 Å². The van der Waals surface area contributed by atoms with Crippen molar-refractivity contribution in [2.24, 2.45) is 0 Å². The van der Waals surface area contributed by atoms with E-state index in [1.165, 1.54) is 18.6 Å². The number of nitrogens with one attached hydrogen (secondary N) is 1. The second-order valence-corrected chi connectivity index (χ2v) is 8.36. The van der Waals surface area contributed by atoms with Crippen LogP contribution in [0.25, 0.3) is 33.2 Å². The first-order valence-electron chi connectivity index (χ1n) is 8.31. The lowest BCUT2D eigenvalue weighted by molar-refractivity contribution is 0.583. The minimum absolute atomic E-state index is 0.0783. The Kier molecular flexibility index (Phi) is 3.71. The van der Waals surface area contributed by atoms with Gasteiger partial charge in [0.25, 0.3) is 10.0 Å². The van der Waals surface area contributed by atoms with Crippen LogP contribution in [0.3, 0.4) is 0 Å². The van der Waals surface area contributed by atoms with Crippen molar-refractivity contribution in [2.75, 3.05) is 0 Å². The molecule has 5 aromatic rings.